The third kappa shape index (κ3) is 2.01. The maximum absolute atomic E-state index is 5.68. The highest BCUT2D eigenvalue weighted by atomic mass is 16.5. The van der Waals surface area contributed by atoms with E-state index in [1.807, 2.05) is 12.1 Å². The standard InChI is InChI=1S/C14H15N3O/c1-18-13-8-12(16-14(15)17-13)11-7-10(11)9-5-3-2-4-6-9/h2-6,8,10-11H,7H2,1H3,(H2,15,16,17). The van der Waals surface area contributed by atoms with Gasteiger partial charge in [-0.3, -0.25) is 0 Å². The molecule has 2 aromatic rings. The van der Waals surface area contributed by atoms with E-state index in [1.54, 1.807) is 7.11 Å². The van der Waals surface area contributed by atoms with Crippen molar-refractivity contribution in [3.63, 3.8) is 0 Å². The number of ether oxygens (including phenoxy) is 1. The predicted molar refractivity (Wildman–Crippen MR) is 69.5 cm³/mol. The molecule has 4 nitrogen and oxygen atoms in total. The fraction of sp³-hybridized carbons (Fsp3) is 0.286. The van der Waals surface area contributed by atoms with Crippen molar-refractivity contribution in [3.05, 3.63) is 47.7 Å². The van der Waals surface area contributed by atoms with Crippen molar-refractivity contribution in [2.24, 2.45) is 0 Å². The number of hydrogen-bond acceptors (Lipinski definition) is 4. The van der Waals surface area contributed by atoms with E-state index in [1.165, 1.54) is 5.56 Å². The number of nitrogen functional groups attached to an aromatic ring is 1. The van der Waals surface area contributed by atoms with Gasteiger partial charge in [0.2, 0.25) is 11.8 Å². The van der Waals surface area contributed by atoms with Crippen molar-refractivity contribution >= 4 is 5.95 Å². The Kier molecular flexibility index (Phi) is 2.63. The molecular weight excluding hydrogens is 226 g/mol. The molecule has 18 heavy (non-hydrogen) atoms. The van der Waals surface area contributed by atoms with E-state index in [9.17, 15) is 0 Å². The molecule has 0 bridgehead atoms. The quantitative estimate of drug-likeness (QED) is 0.896. The van der Waals surface area contributed by atoms with Crippen LogP contribution in [-0.4, -0.2) is 17.1 Å². The number of benzene rings is 1. The Morgan fingerprint density at radius 3 is 2.67 bits per heavy atom. The average molecular weight is 241 g/mol. The Morgan fingerprint density at radius 1 is 1.17 bits per heavy atom. The molecule has 0 amide bonds. The van der Waals surface area contributed by atoms with Gasteiger partial charge in [0.05, 0.1) is 12.8 Å². The molecule has 3 rings (SSSR count). The summed E-state index contributed by atoms with van der Waals surface area (Å²) >= 11 is 0. The van der Waals surface area contributed by atoms with Gasteiger partial charge >= 0.3 is 0 Å². The second-order valence-electron chi connectivity index (χ2n) is 4.55. The molecule has 1 aromatic heterocycles. The van der Waals surface area contributed by atoms with Crippen LogP contribution in [0.5, 0.6) is 5.88 Å². The summed E-state index contributed by atoms with van der Waals surface area (Å²) < 4.78 is 5.12. The number of anilines is 1. The molecule has 0 saturated heterocycles. The van der Waals surface area contributed by atoms with Gasteiger partial charge in [-0.2, -0.15) is 4.98 Å². The lowest BCUT2D eigenvalue weighted by Gasteiger charge is -2.04. The first kappa shape index (κ1) is 11.0. The minimum atomic E-state index is 0.281. The van der Waals surface area contributed by atoms with Crippen LogP contribution >= 0.6 is 0 Å². The van der Waals surface area contributed by atoms with E-state index in [0.717, 1.165) is 12.1 Å². The molecule has 0 spiro atoms. The van der Waals surface area contributed by atoms with Gasteiger partial charge in [-0.05, 0) is 17.9 Å². The fourth-order valence-electron chi connectivity index (χ4n) is 2.35. The van der Waals surface area contributed by atoms with Crippen molar-refractivity contribution in [3.8, 4) is 5.88 Å². The van der Waals surface area contributed by atoms with Crippen LogP contribution in [0.4, 0.5) is 5.95 Å². The molecule has 2 unspecified atom stereocenters. The molecule has 2 N–H and O–H groups in total. The summed E-state index contributed by atoms with van der Waals surface area (Å²) in [5.74, 6) is 1.80. The minimum Gasteiger partial charge on any atom is -0.481 e. The van der Waals surface area contributed by atoms with Gasteiger partial charge in [0, 0.05) is 12.0 Å². The Labute approximate surface area is 106 Å². The maximum atomic E-state index is 5.68. The molecule has 1 aromatic carbocycles. The van der Waals surface area contributed by atoms with Gasteiger partial charge in [-0.15, -0.1) is 0 Å². The molecule has 0 aliphatic heterocycles. The number of aromatic nitrogens is 2. The molecule has 92 valence electrons. The van der Waals surface area contributed by atoms with Crippen LogP contribution in [-0.2, 0) is 0 Å². The van der Waals surface area contributed by atoms with Crippen LogP contribution < -0.4 is 10.5 Å². The summed E-state index contributed by atoms with van der Waals surface area (Å²) in [6.07, 6.45) is 1.11. The zero-order valence-corrected chi connectivity index (χ0v) is 10.2. The highest BCUT2D eigenvalue weighted by Crippen LogP contribution is 2.54. The summed E-state index contributed by atoms with van der Waals surface area (Å²) in [6, 6.07) is 12.4. The topological polar surface area (TPSA) is 61.0 Å². The molecule has 0 radical (unpaired) electrons. The largest absolute Gasteiger partial charge is 0.481 e. The van der Waals surface area contributed by atoms with E-state index in [4.69, 9.17) is 10.5 Å². The fourth-order valence-corrected chi connectivity index (χ4v) is 2.35. The van der Waals surface area contributed by atoms with Gasteiger partial charge in [-0.1, -0.05) is 30.3 Å². The lowest BCUT2D eigenvalue weighted by atomic mass is 10.1. The highest BCUT2D eigenvalue weighted by Gasteiger charge is 2.40. The molecule has 4 heteroatoms. The van der Waals surface area contributed by atoms with Gasteiger partial charge in [0.25, 0.3) is 0 Å². The van der Waals surface area contributed by atoms with E-state index in [2.05, 4.69) is 34.2 Å². The summed E-state index contributed by atoms with van der Waals surface area (Å²) in [4.78, 5) is 8.31. The van der Waals surface area contributed by atoms with E-state index in [-0.39, 0.29) is 5.95 Å². The van der Waals surface area contributed by atoms with Crippen molar-refractivity contribution < 1.29 is 4.74 Å². The van der Waals surface area contributed by atoms with Crippen LogP contribution in [0, 0.1) is 0 Å². The molecular formula is C14H15N3O. The first-order chi connectivity index (χ1) is 8.78. The van der Waals surface area contributed by atoms with Crippen molar-refractivity contribution in [1.29, 1.82) is 0 Å². The molecule has 1 fully saturated rings. The smallest absolute Gasteiger partial charge is 0.223 e. The Bertz CT molecular complexity index is 556. The van der Waals surface area contributed by atoms with Crippen LogP contribution in [0.3, 0.4) is 0 Å². The molecule has 1 aliphatic carbocycles. The molecule has 1 heterocycles. The van der Waals surface area contributed by atoms with Crippen LogP contribution in [0.25, 0.3) is 0 Å². The monoisotopic (exact) mass is 241 g/mol. The second kappa shape index (κ2) is 4.29. The Balaban J connectivity index is 1.84. The molecule has 2 atom stereocenters. The van der Waals surface area contributed by atoms with Gasteiger partial charge in [-0.25, -0.2) is 4.98 Å². The summed E-state index contributed by atoms with van der Waals surface area (Å²) in [5, 5.41) is 0. The lowest BCUT2D eigenvalue weighted by molar-refractivity contribution is 0.397. The van der Waals surface area contributed by atoms with E-state index < -0.39 is 0 Å². The number of nitrogens with zero attached hydrogens (tertiary/aromatic N) is 2. The second-order valence-corrected chi connectivity index (χ2v) is 4.55. The molecule has 1 saturated carbocycles. The van der Waals surface area contributed by atoms with Crippen LogP contribution in [0.2, 0.25) is 0 Å². The van der Waals surface area contributed by atoms with Gasteiger partial charge in [0.1, 0.15) is 0 Å². The van der Waals surface area contributed by atoms with Crippen molar-refractivity contribution in [2.75, 3.05) is 12.8 Å². The van der Waals surface area contributed by atoms with Crippen LogP contribution in [0.15, 0.2) is 36.4 Å². The summed E-state index contributed by atoms with van der Waals surface area (Å²) in [6.45, 7) is 0. The lowest BCUT2D eigenvalue weighted by Crippen LogP contribution is -2.01. The van der Waals surface area contributed by atoms with Crippen molar-refractivity contribution in [2.45, 2.75) is 18.3 Å². The van der Waals surface area contributed by atoms with E-state index in [0.29, 0.717) is 17.7 Å². The summed E-state index contributed by atoms with van der Waals surface area (Å²) in [7, 11) is 1.59. The number of rotatable bonds is 3. The summed E-state index contributed by atoms with van der Waals surface area (Å²) in [5.41, 5.74) is 8.02. The van der Waals surface area contributed by atoms with Gasteiger partial charge < -0.3 is 10.5 Å². The normalized spacial score (nSPS) is 21.6. The minimum absolute atomic E-state index is 0.281. The third-order valence-corrected chi connectivity index (χ3v) is 3.35. The average Bonchev–Trinajstić information content (AvgIpc) is 3.19. The zero-order valence-electron chi connectivity index (χ0n) is 10.2. The van der Waals surface area contributed by atoms with Gasteiger partial charge in [0.15, 0.2) is 0 Å². The maximum Gasteiger partial charge on any atom is 0.223 e. The zero-order chi connectivity index (χ0) is 12.5. The SMILES string of the molecule is COc1cc(C2CC2c2ccccc2)nc(N)n1. The first-order valence-corrected chi connectivity index (χ1v) is 6.01. The third-order valence-electron chi connectivity index (χ3n) is 3.35. The number of methoxy groups -OCH3 is 1. The first-order valence-electron chi connectivity index (χ1n) is 6.01. The Morgan fingerprint density at radius 2 is 1.94 bits per heavy atom. The van der Waals surface area contributed by atoms with Crippen LogP contribution in [0.1, 0.15) is 29.5 Å². The Hall–Kier alpha value is -2.10. The van der Waals surface area contributed by atoms with Crippen molar-refractivity contribution in [1.82, 2.24) is 9.97 Å². The highest BCUT2D eigenvalue weighted by molar-refractivity contribution is 5.37. The number of hydrogen-bond donors (Lipinski definition) is 1. The predicted octanol–water partition coefficient (Wildman–Crippen LogP) is 2.34. The van der Waals surface area contributed by atoms with E-state index >= 15 is 0 Å². The molecule has 1 aliphatic rings. The number of nitrogens with two attached hydrogens (primary N) is 1.